The van der Waals surface area contributed by atoms with Crippen molar-refractivity contribution < 1.29 is 13.5 Å². The lowest BCUT2D eigenvalue weighted by Crippen LogP contribution is -2.43. The van der Waals surface area contributed by atoms with Gasteiger partial charge in [0.25, 0.3) is 0 Å². The summed E-state index contributed by atoms with van der Waals surface area (Å²) in [6.45, 7) is 4.05. The summed E-state index contributed by atoms with van der Waals surface area (Å²) in [7, 11) is -3.52. The zero-order valence-corrected chi connectivity index (χ0v) is 12.9. The number of sulfonamides is 1. The molecule has 1 fully saturated rings. The fourth-order valence-electron chi connectivity index (χ4n) is 2.69. The van der Waals surface area contributed by atoms with Gasteiger partial charge in [-0.2, -0.15) is 0 Å². The summed E-state index contributed by atoms with van der Waals surface area (Å²) >= 11 is 1.27. The minimum Gasteiger partial charge on any atom is -0.391 e. The standard InChI is InChI=1S/C13H21NO3S2/c1-9-4-3-5-11(10(9)2)14-19(16,17)13-6-7-18-12(13)8-15/h6-7,9-11,14-15H,3-5,8H2,1-2H3. The molecule has 1 saturated carbocycles. The van der Waals surface area contributed by atoms with Gasteiger partial charge in [0.2, 0.25) is 10.0 Å². The summed E-state index contributed by atoms with van der Waals surface area (Å²) in [5, 5.41) is 10.9. The molecule has 19 heavy (non-hydrogen) atoms. The minimum atomic E-state index is -3.52. The third-order valence-electron chi connectivity index (χ3n) is 4.15. The second-order valence-corrected chi connectivity index (χ2v) is 8.04. The van der Waals surface area contributed by atoms with E-state index < -0.39 is 10.0 Å². The maximum Gasteiger partial charge on any atom is 0.242 e. The molecule has 1 heterocycles. The SMILES string of the molecule is CC1CCCC(NS(=O)(=O)c2ccsc2CO)C1C. The average Bonchev–Trinajstić information content (AvgIpc) is 2.84. The normalized spacial score (nSPS) is 28.5. The highest BCUT2D eigenvalue weighted by atomic mass is 32.2. The highest BCUT2D eigenvalue weighted by Gasteiger charge is 2.31. The maximum atomic E-state index is 12.4. The van der Waals surface area contributed by atoms with Crippen molar-refractivity contribution in [2.45, 2.75) is 50.7 Å². The van der Waals surface area contributed by atoms with Crippen molar-refractivity contribution in [1.29, 1.82) is 0 Å². The van der Waals surface area contributed by atoms with Gasteiger partial charge >= 0.3 is 0 Å². The molecule has 0 bridgehead atoms. The van der Waals surface area contributed by atoms with Crippen LogP contribution < -0.4 is 4.72 Å². The molecule has 0 radical (unpaired) electrons. The molecule has 3 atom stereocenters. The first-order chi connectivity index (χ1) is 8.95. The maximum absolute atomic E-state index is 12.4. The van der Waals surface area contributed by atoms with Crippen LogP contribution in [-0.4, -0.2) is 19.6 Å². The van der Waals surface area contributed by atoms with Gasteiger partial charge in [0.05, 0.1) is 11.5 Å². The molecule has 1 aliphatic carbocycles. The lowest BCUT2D eigenvalue weighted by molar-refractivity contribution is 0.226. The van der Waals surface area contributed by atoms with E-state index in [1.54, 1.807) is 11.4 Å². The van der Waals surface area contributed by atoms with Crippen LogP contribution in [0.5, 0.6) is 0 Å². The Morgan fingerprint density at radius 3 is 2.84 bits per heavy atom. The van der Waals surface area contributed by atoms with Crippen molar-refractivity contribution in [2.75, 3.05) is 0 Å². The first kappa shape index (κ1) is 15.0. The molecule has 0 aliphatic heterocycles. The van der Waals surface area contributed by atoms with Crippen LogP contribution in [0.25, 0.3) is 0 Å². The van der Waals surface area contributed by atoms with Crippen LogP contribution in [0.1, 0.15) is 38.0 Å². The molecule has 108 valence electrons. The Balaban J connectivity index is 2.17. The van der Waals surface area contributed by atoms with Crippen molar-refractivity contribution in [2.24, 2.45) is 11.8 Å². The van der Waals surface area contributed by atoms with E-state index in [0.717, 1.165) is 12.8 Å². The minimum absolute atomic E-state index is 0.000179. The number of rotatable bonds is 4. The third-order valence-corrected chi connectivity index (χ3v) is 6.76. The highest BCUT2D eigenvalue weighted by Crippen LogP contribution is 2.31. The zero-order chi connectivity index (χ0) is 14.0. The Bertz CT molecular complexity index is 524. The van der Waals surface area contributed by atoms with E-state index in [0.29, 0.717) is 16.7 Å². The fraction of sp³-hybridized carbons (Fsp3) is 0.692. The van der Waals surface area contributed by atoms with Crippen LogP contribution in [0.15, 0.2) is 16.3 Å². The zero-order valence-electron chi connectivity index (χ0n) is 11.3. The van der Waals surface area contributed by atoms with E-state index in [-0.39, 0.29) is 17.5 Å². The van der Waals surface area contributed by atoms with E-state index in [2.05, 4.69) is 18.6 Å². The Labute approximate surface area is 118 Å². The van der Waals surface area contributed by atoms with Crippen molar-refractivity contribution >= 4 is 21.4 Å². The van der Waals surface area contributed by atoms with Crippen molar-refractivity contribution in [3.05, 3.63) is 16.3 Å². The summed E-state index contributed by atoms with van der Waals surface area (Å²) in [5.74, 6) is 0.890. The summed E-state index contributed by atoms with van der Waals surface area (Å²) < 4.78 is 27.6. The molecule has 4 nitrogen and oxygen atoms in total. The molecule has 1 aromatic heterocycles. The van der Waals surface area contributed by atoms with Crippen molar-refractivity contribution in [3.63, 3.8) is 0 Å². The third kappa shape index (κ3) is 3.18. The van der Waals surface area contributed by atoms with Crippen LogP contribution in [-0.2, 0) is 16.6 Å². The van der Waals surface area contributed by atoms with Crippen LogP contribution >= 0.6 is 11.3 Å². The lowest BCUT2D eigenvalue weighted by Gasteiger charge is -2.34. The molecule has 0 aromatic carbocycles. The molecule has 0 saturated heterocycles. The monoisotopic (exact) mass is 303 g/mol. The topological polar surface area (TPSA) is 66.4 Å². The Kier molecular flexibility index (Phi) is 4.66. The summed E-state index contributed by atoms with van der Waals surface area (Å²) in [6.07, 6.45) is 3.12. The van der Waals surface area contributed by atoms with E-state index in [4.69, 9.17) is 0 Å². The Morgan fingerprint density at radius 2 is 2.16 bits per heavy atom. The van der Waals surface area contributed by atoms with Gasteiger partial charge in [-0.3, -0.25) is 0 Å². The second-order valence-electron chi connectivity index (χ2n) is 5.36. The quantitative estimate of drug-likeness (QED) is 0.897. The van der Waals surface area contributed by atoms with Gasteiger partial charge < -0.3 is 5.11 Å². The van der Waals surface area contributed by atoms with Gasteiger partial charge in [-0.25, -0.2) is 13.1 Å². The average molecular weight is 303 g/mol. The van der Waals surface area contributed by atoms with Crippen LogP contribution in [0.2, 0.25) is 0 Å². The molecule has 2 rings (SSSR count). The van der Waals surface area contributed by atoms with E-state index in [1.807, 2.05) is 0 Å². The summed E-state index contributed by atoms with van der Waals surface area (Å²) in [5.41, 5.74) is 0. The number of aliphatic hydroxyl groups is 1. The van der Waals surface area contributed by atoms with Crippen LogP contribution in [0, 0.1) is 11.8 Å². The van der Waals surface area contributed by atoms with Gasteiger partial charge in [0.1, 0.15) is 0 Å². The molecule has 1 aromatic rings. The van der Waals surface area contributed by atoms with Crippen LogP contribution in [0.4, 0.5) is 0 Å². The first-order valence-corrected chi connectivity index (χ1v) is 9.01. The van der Waals surface area contributed by atoms with Crippen molar-refractivity contribution in [1.82, 2.24) is 4.72 Å². The van der Waals surface area contributed by atoms with Gasteiger partial charge in [0.15, 0.2) is 0 Å². The number of hydrogen-bond donors (Lipinski definition) is 2. The first-order valence-electron chi connectivity index (χ1n) is 6.65. The van der Waals surface area contributed by atoms with Crippen molar-refractivity contribution in [3.8, 4) is 0 Å². The van der Waals surface area contributed by atoms with E-state index in [1.165, 1.54) is 17.8 Å². The van der Waals surface area contributed by atoms with Gasteiger partial charge in [-0.05, 0) is 29.7 Å². The van der Waals surface area contributed by atoms with Gasteiger partial charge in [-0.15, -0.1) is 11.3 Å². The molecule has 3 unspecified atom stereocenters. The van der Waals surface area contributed by atoms with Crippen LogP contribution in [0.3, 0.4) is 0 Å². The smallest absolute Gasteiger partial charge is 0.242 e. The predicted octanol–water partition coefficient (Wildman–Crippen LogP) is 2.34. The molecular weight excluding hydrogens is 282 g/mol. The summed E-state index contributed by atoms with van der Waals surface area (Å²) in [4.78, 5) is 0.731. The Morgan fingerprint density at radius 1 is 1.42 bits per heavy atom. The van der Waals surface area contributed by atoms with E-state index in [9.17, 15) is 13.5 Å². The fourth-order valence-corrected chi connectivity index (χ4v) is 5.35. The predicted molar refractivity (Wildman–Crippen MR) is 76.5 cm³/mol. The molecule has 2 N–H and O–H groups in total. The molecule has 0 amide bonds. The van der Waals surface area contributed by atoms with E-state index >= 15 is 0 Å². The number of hydrogen-bond acceptors (Lipinski definition) is 4. The largest absolute Gasteiger partial charge is 0.391 e. The molecule has 0 spiro atoms. The highest BCUT2D eigenvalue weighted by molar-refractivity contribution is 7.89. The van der Waals surface area contributed by atoms with Gasteiger partial charge in [0, 0.05) is 10.9 Å². The lowest BCUT2D eigenvalue weighted by atomic mass is 9.78. The summed E-state index contributed by atoms with van der Waals surface area (Å²) in [6, 6.07) is 1.57. The number of aliphatic hydroxyl groups excluding tert-OH is 1. The molecule has 1 aliphatic rings. The molecular formula is C13H21NO3S2. The number of nitrogens with one attached hydrogen (secondary N) is 1. The molecule has 6 heteroatoms. The Hall–Kier alpha value is -0.430. The van der Waals surface area contributed by atoms with Gasteiger partial charge in [-0.1, -0.05) is 26.7 Å². The second kappa shape index (κ2) is 5.91. The number of thiophene rings is 1.